The maximum Gasteiger partial charge on any atom is 0.0544 e. The third-order valence-electron chi connectivity index (χ3n) is 3.65. The highest BCUT2D eigenvalue weighted by molar-refractivity contribution is 5.49. The Kier molecular flexibility index (Phi) is 3.01. The third-order valence-corrected chi connectivity index (χ3v) is 3.65. The van der Waals surface area contributed by atoms with E-state index in [1.807, 2.05) is 6.20 Å². The van der Waals surface area contributed by atoms with Crippen LogP contribution in [0.3, 0.4) is 0 Å². The smallest absolute Gasteiger partial charge is 0.0544 e. The lowest BCUT2D eigenvalue weighted by Gasteiger charge is -2.27. The van der Waals surface area contributed by atoms with E-state index in [1.54, 1.807) is 0 Å². The first-order valence-corrected chi connectivity index (χ1v) is 6.59. The number of hydrogen-bond acceptors (Lipinski definition) is 2. The van der Waals surface area contributed by atoms with Gasteiger partial charge < -0.3 is 4.90 Å². The van der Waals surface area contributed by atoms with E-state index in [-0.39, 0.29) is 0 Å². The van der Waals surface area contributed by atoms with Gasteiger partial charge in [0.1, 0.15) is 0 Å². The minimum Gasteiger partial charge on any atom is -0.364 e. The average Bonchev–Trinajstić information content (AvgIpc) is 2.89. The van der Waals surface area contributed by atoms with Gasteiger partial charge in [0.05, 0.1) is 6.04 Å². The molecule has 18 heavy (non-hydrogen) atoms. The van der Waals surface area contributed by atoms with E-state index in [9.17, 15) is 0 Å². The molecule has 1 fully saturated rings. The van der Waals surface area contributed by atoms with Crippen LogP contribution < -0.4 is 4.90 Å². The van der Waals surface area contributed by atoms with E-state index in [4.69, 9.17) is 0 Å². The van der Waals surface area contributed by atoms with E-state index < -0.39 is 0 Å². The van der Waals surface area contributed by atoms with Crippen molar-refractivity contribution in [3.63, 3.8) is 0 Å². The molecular formula is C16H18N2. The molecule has 0 N–H and O–H groups in total. The van der Waals surface area contributed by atoms with Crippen LogP contribution in [0.4, 0.5) is 5.69 Å². The molecule has 3 rings (SSSR count). The zero-order valence-corrected chi connectivity index (χ0v) is 10.7. The predicted molar refractivity (Wildman–Crippen MR) is 74.7 cm³/mol. The Bertz CT molecular complexity index is 522. The van der Waals surface area contributed by atoms with Crippen molar-refractivity contribution in [1.82, 2.24) is 4.98 Å². The number of pyridine rings is 1. The lowest BCUT2D eigenvalue weighted by atomic mass is 10.0. The zero-order chi connectivity index (χ0) is 12.4. The first-order valence-electron chi connectivity index (χ1n) is 6.59. The zero-order valence-electron chi connectivity index (χ0n) is 10.7. The molecular weight excluding hydrogens is 220 g/mol. The highest BCUT2D eigenvalue weighted by Crippen LogP contribution is 2.35. The maximum absolute atomic E-state index is 4.29. The SMILES string of the molecule is Cc1cc(C2CCCN2c2ccccc2)ccn1. The van der Waals surface area contributed by atoms with Crippen molar-refractivity contribution in [1.29, 1.82) is 0 Å². The monoisotopic (exact) mass is 238 g/mol. The summed E-state index contributed by atoms with van der Waals surface area (Å²) in [6.45, 7) is 3.21. The molecule has 92 valence electrons. The average molecular weight is 238 g/mol. The number of hydrogen-bond donors (Lipinski definition) is 0. The lowest BCUT2D eigenvalue weighted by molar-refractivity contribution is 0.716. The molecule has 0 amide bonds. The topological polar surface area (TPSA) is 16.1 Å². The normalized spacial score (nSPS) is 19.2. The summed E-state index contributed by atoms with van der Waals surface area (Å²) in [5, 5.41) is 0. The van der Waals surface area contributed by atoms with Crippen LogP contribution >= 0.6 is 0 Å². The molecule has 1 aromatic carbocycles. The molecule has 0 saturated carbocycles. The number of aromatic nitrogens is 1. The number of benzene rings is 1. The van der Waals surface area contributed by atoms with Crippen LogP contribution in [0.2, 0.25) is 0 Å². The minimum absolute atomic E-state index is 0.508. The quantitative estimate of drug-likeness (QED) is 0.792. The van der Waals surface area contributed by atoms with E-state index in [2.05, 4.69) is 59.3 Å². The van der Waals surface area contributed by atoms with Crippen molar-refractivity contribution in [3.05, 3.63) is 59.9 Å². The summed E-state index contributed by atoms with van der Waals surface area (Å²) in [4.78, 5) is 6.80. The molecule has 2 heteroatoms. The van der Waals surface area contributed by atoms with Gasteiger partial charge in [0.15, 0.2) is 0 Å². The van der Waals surface area contributed by atoms with E-state index >= 15 is 0 Å². The summed E-state index contributed by atoms with van der Waals surface area (Å²) in [7, 11) is 0. The maximum atomic E-state index is 4.29. The predicted octanol–water partition coefficient (Wildman–Crippen LogP) is 3.73. The lowest BCUT2D eigenvalue weighted by Crippen LogP contribution is -2.22. The molecule has 0 bridgehead atoms. The van der Waals surface area contributed by atoms with Gasteiger partial charge in [0, 0.05) is 24.1 Å². The first-order chi connectivity index (χ1) is 8.84. The van der Waals surface area contributed by atoms with E-state index in [1.165, 1.54) is 24.1 Å². The minimum atomic E-state index is 0.508. The fourth-order valence-electron chi connectivity index (χ4n) is 2.82. The summed E-state index contributed by atoms with van der Waals surface area (Å²) >= 11 is 0. The molecule has 1 aliphatic heterocycles. The second-order valence-corrected chi connectivity index (χ2v) is 4.92. The molecule has 0 radical (unpaired) electrons. The van der Waals surface area contributed by atoms with Gasteiger partial charge in [-0.2, -0.15) is 0 Å². The van der Waals surface area contributed by atoms with Gasteiger partial charge in [-0.1, -0.05) is 18.2 Å². The van der Waals surface area contributed by atoms with Crippen LogP contribution in [0.15, 0.2) is 48.7 Å². The number of aryl methyl sites for hydroxylation is 1. The van der Waals surface area contributed by atoms with Crippen LogP contribution in [0.5, 0.6) is 0 Å². The second-order valence-electron chi connectivity index (χ2n) is 4.92. The Balaban J connectivity index is 1.92. The van der Waals surface area contributed by atoms with Crippen molar-refractivity contribution in [2.24, 2.45) is 0 Å². The molecule has 0 spiro atoms. The van der Waals surface area contributed by atoms with Crippen LogP contribution in [0, 0.1) is 6.92 Å². The first kappa shape index (κ1) is 11.3. The standard InChI is InChI=1S/C16H18N2/c1-13-12-14(9-10-17-13)16-8-5-11-18(16)15-6-3-2-4-7-15/h2-4,6-7,9-10,12,16H,5,8,11H2,1H3. The molecule has 1 saturated heterocycles. The Hall–Kier alpha value is -1.83. The van der Waals surface area contributed by atoms with Crippen LogP contribution in [-0.4, -0.2) is 11.5 Å². The second kappa shape index (κ2) is 4.81. The number of nitrogens with zero attached hydrogens (tertiary/aromatic N) is 2. The molecule has 2 heterocycles. The van der Waals surface area contributed by atoms with Gasteiger partial charge in [0.25, 0.3) is 0 Å². The van der Waals surface area contributed by atoms with Gasteiger partial charge >= 0.3 is 0 Å². The Morgan fingerprint density at radius 1 is 1.17 bits per heavy atom. The van der Waals surface area contributed by atoms with Crippen molar-refractivity contribution < 1.29 is 0 Å². The number of anilines is 1. The highest BCUT2D eigenvalue weighted by Gasteiger charge is 2.26. The fourth-order valence-corrected chi connectivity index (χ4v) is 2.82. The largest absolute Gasteiger partial charge is 0.364 e. The van der Waals surface area contributed by atoms with E-state index in [0.29, 0.717) is 6.04 Å². The molecule has 1 aliphatic rings. The van der Waals surface area contributed by atoms with Gasteiger partial charge in [-0.3, -0.25) is 4.98 Å². The molecule has 1 unspecified atom stereocenters. The van der Waals surface area contributed by atoms with Crippen molar-refractivity contribution in [2.75, 3.05) is 11.4 Å². The summed E-state index contributed by atoms with van der Waals surface area (Å²) in [5.74, 6) is 0. The fraction of sp³-hybridized carbons (Fsp3) is 0.312. The van der Waals surface area contributed by atoms with Gasteiger partial charge in [-0.15, -0.1) is 0 Å². The molecule has 2 nitrogen and oxygen atoms in total. The molecule has 0 aliphatic carbocycles. The third kappa shape index (κ3) is 2.10. The van der Waals surface area contributed by atoms with Crippen LogP contribution in [0.25, 0.3) is 0 Å². The van der Waals surface area contributed by atoms with Crippen molar-refractivity contribution >= 4 is 5.69 Å². The highest BCUT2D eigenvalue weighted by atomic mass is 15.2. The number of para-hydroxylation sites is 1. The van der Waals surface area contributed by atoms with Gasteiger partial charge in [-0.05, 0) is 49.6 Å². The van der Waals surface area contributed by atoms with Gasteiger partial charge in [-0.25, -0.2) is 0 Å². The Morgan fingerprint density at radius 2 is 2.00 bits per heavy atom. The summed E-state index contributed by atoms with van der Waals surface area (Å²) in [5.41, 5.74) is 3.82. The van der Waals surface area contributed by atoms with Crippen LogP contribution in [-0.2, 0) is 0 Å². The molecule has 1 aromatic heterocycles. The van der Waals surface area contributed by atoms with Crippen molar-refractivity contribution in [3.8, 4) is 0 Å². The van der Waals surface area contributed by atoms with Crippen molar-refractivity contribution in [2.45, 2.75) is 25.8 Å². The summed E-state index contributed by atoms with van der Waals surface area (Å²) < 4.78 is 0. The Morgan fingerprint density at radius 3 is 2.78 bits per heavy atom. The molecule has 1 atom stereocenters. The van der Waals surface area contributed by atoms with Crippen LogP contribution in [0.1, 0.15) is 30.1 Å². The van der Waals surface area contributed by atoms with Gasteiger partial charge in [0.2, 0.25) is 0 Å². The number of rotatable bonds is 2. The summed E-state index contributed by atoms with van der Waals surface area (Å²) in [6, 6.07) is 15.6. The molecule has 2 aromatic rings. The van der Waals surface area contributed by atoms with E-state index in [0.717, 1.165) is 12.2 Å². The summed E-state index contributed by atoms with van der Waals surface area (Å²) in [6.07, 6.45) is 4.42. The Labute approximate surface area is 108 Å².